The maximum absolute atomic E-state index is 5.77. The van der Waals surface area contributed by atoms with Gasteiger partial charge in [0.1, 0.15) is 23.7 Å². The second-order valence-electron chi connectivity index (χ2n) is 3.65. The van der Waals surface area contributed by atoms with Crippen molar-refractivity contribution in [3.05, 3.63) is 41.7 Å². The molecular weight excluding hydrogens is 216 g/mol. The molecule has 5 heteroatoms. The van der Waals surface area contributed by atoms with Gasteiger partial charge in [-0.15, -0.1) is 0 Å². The molecule has 0 aliphatic rings. The van der Waals surface area contributed by atoms with Gasteiger partial charge in [-0.3, -0.25) is 0 Å². The quantitative estimate of drug-likeness (QED) is 0.828. The zero-order valence-corrected chi connectivity index (χ0v) is 9.55. The van der Waals surface area contributed by atoms with E-state index in [0.29, 0.717) is 18.1 Å². The molecule has 0 saturated heterocycles. The number of hydrogen-bond donors (Lipinski definition) is 2. The predicted octanol–water partition coefficient (Wildman–Crippen LogP) is 1.24. The highest BCUT2D eigenvalue weighted by molar-refractivity contribution is 5.54. The molecule has 0 atom stereocenters. The molecule has 0 radical (unpaired) electrons. The Labute approximate surface area is 99.5 Å². The molecule has 0 aliphatic carbocycles. The third kappa shape index (κ3) is 2.44. The van der Waals surface area contributed by atoms with Crippen LogP contribution in [-0.4, -0.2) is 17.1 Å². The lowest BCUT2D eigenvalue weighted by atomic mass is 10.1. The normalized spacial score (nSPS) is 10.2. The first-order valence-electron chi connectivity index (χ1n) is 5.18. The Morgan fingerprint density at radius 2 is 1.65 bits per heavy atom. The minimum absolute atomic E-state index is 0.424. The van der Waals surface area contributed by atoms with Crippen LogP contribution in [0.4, 0.5) is 11.6 Å². The van der Waals surface area contributed by atoms with Crippen LogP contribution in [0.5, 0.6) is 5.75 Å². The summed E-state index contributed by atoms with van der Waals surface area (Å²) in [5, 5.41) is 0. The number of nitrogens with zero attached hydrogens (tertiary/aromatic N) is 2. The Kier molecular flexibility index (Phi) is 3.09. The van der Waals surface area contributed by atoms with E-state index in [2.05, 4.69) is 9.97 Å². The van der Waals surface area contributed by atoms with Crippen molar-refractivity contribution < 1.29 is 4.74 Å². The molecule has 2 aromatic rings. The second-order valence-corrected chi connectivity index (χ2v) is 3.65. The minimum Gasteiger partial charge on any atom is -0.497 e. The molecule has 1 aromatic heterocycles. The van der Waals surface area contributed by atoms with Crippen LogP contribution in [0, 0.1) is 0 Å². The lowest BCUT2D eigenvalue weighted by molar-refractivity contribution is 0.414. The summed E-state index contributed by atoms with van der Waals surface area (Å²) in [7, 11) is 1.63. The Bertz CT molecular complexity index is 490. The summed E-state index contributed by atoms with van der Waals surface area (Å²) in [6.45, 7) is 0. The molecule has 5 nitrogen and oxygen atoms in total. The molecule has 0 unspecified atom stereocenters. The highest BCUT2D eigenvalue weighted by Crippen LogP contribution is 2.20. The second kappa shape index (κ2) is 4.69. The van der Waals surface area contributed by atoms with Crippen molar-refractivity contribution in [3.63, 3.8) is 0 Å². The van der Waals surface area contributed by atoms with Gasteiger partial charge in [0.2, 0.25) is 0 Å². The van der Waals surface area contributed by atoms with Crippen LogP contribution in [0.15, 0.2) is 30.6 Å². The number of nitrogens with two attached hydrogens (primary N) is 2. The van der Waals surface area contributed by atoms with Gasteiger partial charge in [-0.05, 0) is 17.7 Å². The molecule has 1 aromatic carbocycles. The molecule has 0 fully saturated rings. The average molecular weight is 230 g/mol. The fourth-order valence-corrected chi connectivity index (χ4v) is 1.57. The van der Waals surface area contributed by atoms with Gasteiger partial charge in [-0.25, -0.2) is 9.97 Å². The lowest BCUT2D eigenvalue weighted by Gasteiger charge is -2.07. The summed E-state index contributed by atoms with van der Waals surface area (Å²) in [4.78, 5) is 7.86. The summed E-state index contributed by atoms with van der Waals surface area (Å²) in [5.74, 6) is 1.67. The van der Waals surface area contributed by atoms with Crippen molar-refractivity contribution in [1.29, 1.82) is 0 Å². The number of benzene rings is 1. The van der Waals surface area contributed by atoms with E-state index in [4.69, 9.17) is 16.2 Å². The number of ether oxygens (including phenoxy) is 1. The topological polar surface area (TPSA) is 87.0 Å². The van der Waals surface area contributed by atoms with Gasteiger partial charge in [-0.2, -0.15) is 0 Å². The first-order chi connectivity index (χ1) is 8.20. The van der Waals surface area contributed by atoms with Crippen LogP contribution in [0.2, 0.25) is 0 Å². The summed E-state index contributed by atoms with van der Waals surface area (Å²) in [6, 6.07) is 7.71. The lowest BCUT2D eigenvalue weighted by Crippen LogP contribution is -2.05. The van der Waals surface area contributed by atoms with Crippen LogP contribution in [0.3, 0.4) is 0 Å². The van der Waals surface area contributed by atoms with E-state index < -0.39 is 0 Å². The summed E-state index contributed by atoms with van der Waals surface area (Å²) in [5.41, 5.74) is 13.4. The highest BCUT2D eigenvalue weighted by atomic mass is 16.5. The van der Waals surface area contributed by atoms with Gasteiger partial charge in [0.25, 0.3) is 0 Å². The molecule has 4 N–H and O–H groups in total. The maximum atomic E-state index is 5.77. The van der Waals surface area contributed by atoms with Gasteiger partial charge in [0.15, 0.2) is 0 Å². The van der Waals surface area contributed by atoms with Gasteiger partial charge in [-0.1, -0.05) is 12.1 Å². The summed E-state index contributed by atoms with van der Waals surface area (Å²) in [6.07, 6.45) is 1.98. The van der Waals surface area contributed by atoms with Crippen molar-refractivity contribution in [2.24, 2.45) is 0 Å². The molecule has 0 saturated carbocycles. The maximum Gasteiger partial charge on any atom is 0.132 e. The first kappa shape index (κ1) is 11.2. The molecule has 0 spiro atoms. The van der Waals surface area contributed by atoms with E-state index in [9.17, 15) is 0 Å². The molecule has 0 aliphatic heterocycles. The molecule has 2 rings (SSSR count). The molecule has 88 valence electrons. The zero-order chi connectivity index (χ0) is 12.3. The smallest absolute Gasteiger partial charge is 0.132 e. The molecule has 0 amide bonds. The van der Waals surface area contributed by atoms with E-state index in [1.807, 2.05) is 24.3 Å². The van der Waals surface area contributed by atoms with E-state index in [0.717, 1.165) is 16.9 Å². The average Bonchev–Trinajstić information content (AvgIpc) is 2.35. The van der Waals surface area contributed by atoms with E-state index >= 15 is 0 Å². The SMILES string of the molecule is COc1ccc(Cc2c(N)ncnc2N)cc1. The number of aromatic nitrogens is 2. The minimum atomic E-state index is 0.424. The Balaban J connectivity index is 2.25. The van der Waals surface area contributed by atoms with Gasteiger partial charge in [0, 0.05) is 12.0 Å². The van der Waals surface area contributed by atoms with Crippen molar-refractivity contribution in [2.75, 3.05) is 18.6 Å². The Hall–Kier alpha value is -2.30. The standard InChI is InChI=1S/C12H14N4O/c1-17-9-4-2-8(3-5-9)6-10-11(13)15-7-16-12(10)14/h2-5,7H,6H2,1H3,(H4,13,14,15,16). The van der Waals surface area contributed by atoms with Crippen LogP contribution >= 0.6 is 0 Å². The number of anilines is 2. The van der Waals surface area contributed by atoms with Gasteiger partial charge >= 0.3 is 0 Å². The number of rotatable bonds is 3. The summed E-state index contributed by atoms with van der Waals surface area (Å²) >= 11 is 0. The monoisotopic (exact) mass is 230 g/mol. The third-order valence-corrected chi connectivity index (χ3v) is 2.55. The van der Waals surface area contributed by atoms with Crippen molar-refractivity contribution in [1.82, 2.24) is 9.97 Å². The molecule has 0 bridgehead atoms. The Morgan fingerprint density at radius 1 is 1.06 bits per heavy atom. The van der Waals surface area contributed by atoms with Crippen LogP contribution in [-0.2, 0) is 6.42 Å². The number of nitrogen functional groups attached to an aromatic ring is 2. The fraction of sp³-hybridized carbons (Fsp3) is 0.167. The number of methoxy groups -OCH3 is 1. The van der Waals surface area contributed by atoms with E-state index in [-0.39, 0.29) is 0 Å². The van der Waals surface area contributed by atoms with Crippen LogP contribution in [0.1, 0.15) is 11.1 Å². The highest BCUT2D eigenvalue weighted by Gasteiger charge is 2.07. The van der Waals surface area contributed by atoms with E-state index in [1.165, 1.54) is 6.33 Å². The molecule has 1 heterocycles. The fourth-order valence-electron chi connectivity index (χ4n) is 1.57. The van der Waals surface area contributed by atoms with Crippen molar-refractivity contribution >= 4 is 11.6 Å². The predicted molar refractivity (Wildman–Crippen MR) is 66.7 cm³/mol. The Morgan fingerprint density at radius 3 is 2.18 bits per heavy atom. The van der Waals surface area contributed by atoms with Crippen LogP contribution in [0.25, 0.3) is 0 Å². The van der Waals surface area contributed by atoms with E-state index in [1.54, 1.807) is 7.11 Å². The van der Waals surface area contributed by atoms with Crippen LogP contribution < -0.4 is 16.2 Å². The largest absolute Gasteiger partial charge is 0.497 e. The van der Waals surface area contributed by atoms with Gasteiger partial charge in [0.05, 0.1) is 7.11 Å². The summed E-state index contributed by atoms with van der Waals surface area (Å²) < 4.78 is 5.09. The zero-order valence-electron chi connectivity index (χ0n) is 9.55. The van der Waals surface area contributed by atoms with Crippen molar-refractivity contribution in [2.45, 2.75) is 6.42 Å². The number of hydrogen-bond acceptors (Lipinski definition) is 5. The molecular formula is C12H14N4O. The van der Waals surface area contributed by atoms with Crippen molar-refractivity contribution in [3.8, 4) is 5.75 Å². The van der Waals surface area contributed by atoms with Gasteiger partial charge < -0.3 is 16.2 Å². The first-order valence-corrected chi connectivity index (χ1v) is 5.18. The molecule has 17 heavy (non-hydrogen) atoms. The third-order valence-electron chi connectivity index (χ3n) is 2.55.